The van der Waals surface area contributed by atoms with Crippen molar-refractivity contribution in [3.8, 4) is 5.75 Å². The number of carbonyl (C=O) groups excluding carboxylic acids is 1. The monoisotopic (exact) mass is 383 g/mol. The Morgan fingerprint density at radius 2 is 1.85 bits per heavy atom. The number of hydrogen-bond acceptors (Lipinski definition) is 5. The Balaban J connectivity index is 1.71. The number of amides is 1. The molecule has 3 rings (SSSR count). The fourth-order valence-electron chi connectivity index (χ4n) is 3.15. The maximum absolute atomic E-state index is 12.8. The van der Waals surface area contributed by atoms with Crippen LogP contribution in [-0.4, -0.2) is 21.7 Å². The van der Waals surface area contributed by atoms with Crippen molar-refractivity contribution in [1.82, 2.24) is 9.71 Å². The molecule has 6 nitrogen and oxygen atoms in total. The zero-order valence-electron chi connectivity index (χ0n) is 15.4. The van der Waals surface area contributed by atoms with Gasteiger partial charge in [0.05, 0.1) is 10.4 Å². The maximum Gasteiger partial charge on any atom is 0.270 e. The number of nitrogens with one attached hydrogen (secondary N) is 2. The topological polar surface area (TPSA) is 92.1 Å². The summed E-state index contributed by atoms with van der Waals surface area (Å²) in [6.45, 7) is 5.17. The number of aryl methyl sites for hydroxylation is 3. The lowest BCUT2D eigenvalue weighted by Crippen LogP contribution is -2.34. The molecule has 27 heavy (non-hydrogen) atoms. The number of carbonyl (C=O) groups is 1. The molecule has 0 aliphatic heterocycles. The number of ether oxygens (including phenoxy) is 1. The summed E-state index contributed by atoms with van der Waals surface area (Å²) < 4.78 is 28.7. The first-order chi connectivity index (χ1) is 12.8. The van der Waals surface area contributed by atoms with Gasteiger partial charge in [0.2, 0.25) is 0 Å². The average molecular weight is 383 g/mol. The van der Waals surface area contributed by atoms with E-state index in [-0.39, 0.29) is 6.61 Å². The number of nitrogens with zero attached hydrogens (tertiary/aromatic N) is 1. The lowest BCUT2D eigenvalue weighted by atomic mass is 10.1. The molecule has 0 aliphatic rings. The number of aromatic nitrogens is 1. The average Bonchev–Trinajstić information content (AvgIpc) is 2.58. The molecule has 0 fully saturated rings. The minimum Gasteiger partial charge on any atom is -0.484 e. The van der Waals surface area contributed by atoms with Crippen molar-refractivity contribution in [2.75, 3.05) is 6.61 Å². The highest BCUT2D eigenvalue weighted by atomic mass is 32.2. The third-order valence-electron chi connectivity index (χ3n) is 4.10. The fraction of sp³-hybridized carbons (Fsp3) is 0.200. The summed E-state index contributed by atoms with van der Waals surface area (Å²) >= 11 is 0. The molecule has 0 radical (unpaired) electrons. The van der Waals surface area contributed by atoms with Crippen molar-refractivity contribution in [2.45, 2.75) is 25.7 Å². The minimum absolute atomic E-state index is 0.335. The predicted octanol–water partition coefficient (Wildman–Crippen LogP) is 3.68. The van der Waals surface area contributed by atoms with Gasteiger partial charge in [-0.25, -0.2) is 8.99 Å². The molecule has 1 atom stereocenters. The number of pyridine rings is 1. The van der Waals surface area contributed by atoms with Crippen LogP contribution in [0, 0.1) is 25.6 Å². The third-order valence-corrected chi connectivity index (χ3v) is 5.83. The summed E-state index contributed by atoms with van der Waals surface area (Å²) in [6, 6.07) is 12.8. The van der Waals surface area contributed by atoms with Crippen LogP contribution in [0.3, 0.4) is 0 Å². The molecule has 3 aromatic rings. The number of hydrogen-bond donors (Lipinski definition) is 2. The van der Waals surface area contributed by atoms with Crippen molar-refractivity contribution in [3.05, 3.63) is 65.4 Å². The minimum atomic E-state index is -3.47. The first kappa shape index (κ1) is 18.8. The van der Waals surface area contributed by atoms with Gasteiger partial charge >= 0.3 is 0 Å². The molecule has 140 valence electrons. The quantitative estimate of drug-likeness (QED) is 0.703. The van der Waals surface area contributed by atoms with E-state index in [0.717, 1.165) is 16.5 Å². The summed E-state index contributed by atoms with van der Waals surface area (Å²) in [5.41, 5.74) is 3.21. The molecular weight excluding hydrogens is 362 g/mol. The first-order valence-corrected chi connectivity index (χ1v) is 9.97. The Labute approximate surface area is 158 Å². The second-order valence-corrected chi connectivity index (χ2v) is 8.18. The Morgan fingerprint density at radius 1 is 1.15 bits per heavy atom. The van der Waals surface area contributed by atoms with Crippen LogP contribution in [0.1, 0.15) is 16.7 Å². The summed E-state index contributed by atoms with van der Waals surface area (Å²) in [4.78, 5) is 16.8. The van der Waals surface area contributed by atoms with Gasteiger partial charge in [0.25, 0.3) is 5.91 Å². The zero-order chi connectivity index (χ0) is 19.6. The van der Waals surface area contributed by atoms with Gasteiger partial charge in [-0.15, -0.1) is 0 Å². The van der Waals surface area contributed by atoms with E-state index in [2.05, 4.69) is 9.71 Å². The van der Waals surface area contributed by atoms with Gasteiger partial charge in [-0.2, -0.15) is 0 Å². The first-order valence-electron chi connectivity index (χ1n) is 8.41. The van der Waals surface area contributed by atoms with E-state index in [1.165, 1.54) is 0 Å². The fourth-order valence-corrected chi connectivity index (χ4v) is 4.65. The van der Waals surface area contributed by atoms with Crippen LogP contribution >= 0.6 is 0 Å². The highest BCUT2D eigenvalue weighted by molar-refractivity contribution is 7.91. The molecule has 1 aromatic heterocycles. The number of benzene rings is 2. The van der Waals surface area contributed by atoms with E-state index < -0.39 is 15.8 Å². The smallest absolute Gasteiger partial charge is 0.270 e. The molecule has 1 heterocycles. The normalized spacial score (nSPS) is 13.1. The molecule has 0 saturated heterocycles. The van der Waals surface area contributed by atoms with Crippen molar-refractivity contribution in [2.24, 2.45) is 0 Å². The molecule has 2 N–H and O–H groups in total. The second-order valence-electron chi connectivity index (χ2n) is 6.46. The van der Waals surface area contributed by atoms with Gasteiger partial charge in [-0.3, -0.25) is 14.5 Å². The molecule has 1 unspecified atom stereocenters. The lowest BCUT2D eigenvalue weighted by Gasteiger charge is -2.16. The second kappa shape index (κ2) is 7.36. The molecule has 0 spiro atoms. The Kier molecular flexibility index (Phi) is 5.14. The largest absolute Gasteiger partial charge is 0.484 e. The van der Waals surface area contributed by atoms with Gasteiger partial charge in [0.1, 0.15) is 5.75 Å². The molecule has 7 heteroatoms. The van der Waals surface area contributed by atoms with Gasteiger partial charge in [-0.05, 0) is 50.1 Å². The van der Waals surface area contributed by atoms with Crippen LogP contribution in [0.2, 0.25) is 0 Å². The lowest BCUT2D eigenvalue weighted by molar-refractivity contribution is -0.121. The van der Waals surface area contributed by atoms with Crippen molar-refractivity contribution in [3.63, 3.8) is 0 Å². The molecule has 0 saturated carbocycles. The zero-order valence-corrected chi connectivity index (χ0v) is 16.2. The highest BCUT2D eigenvalue weighted by Gasteiger charge is 2.19. The van der Waals surface area contributed by atoms with E-state index in [9.17, 15) is 9.00 Å². The summed E-state index contributed by atoms with van der Waals surface area (Å²) in [7, 11) is -3.47. The molecular formula is C20H21N3O3S. The van der Waals surface area contributed by atoms with Gasteiger partial charge in [-0.1, -0.05) is 23.8 Å². The van der Waals surface area contributed by atoms with E-state index in [0.29, 0.717) is 21.8 Å². The molecule has 0 bridgehead atoms. The van der Waals surface area contributed by atoms with Crippen LogP contribution < -0.4 is 9.46 Å². The van der Waals surface area contributed by atoms with E-state index in [1.807, 2.05) is 37.3 Å². The van der Waals surface area contributed by atoms with E-state index >= 15 is 0 Å². The Bertz CT molecular complexity index is 1100. The van der Waals surface area contributed by atoms with Gasteiger partial charge in [0.15, 0.2) is 16.5 Å². The van der Waals surface area contributed by atoms with E-state index in [1.54, 1.807) is 32.2 Å². The van der Waals surface area contributed by atoms with Crippen molar-refractivity contribution in [1.29, 1.82) is 4.78 Å². The Hall–Kier alpha value is -2.93. The number of fused-ring (bicyclic) bond motifs is 1. The molecule has 2 aromatic carbocycles. The SMILES string of the molecule is Cc1cc(C)c(S(=N)(=O)NC(=O)COc2ccc3cccnc3c2)c(C)c1. The van der Waals surface area contributed by atoms with Crippen LogP contribution in [0.4, 0.5) is 0 Å². The summed E-state index contributed by atoms with van der Waals surface area (Å²) in [6.07, 6.45) is 1.68. The van der Waals surface area contributed by atoms with Gasteiger partial charge < -0.3 is 4.74 Å². The van der Waals surface area contributed by atoms with Crippen LogP contribution in [0.15, 0.2) is 53.6 Å². The molecule has 0 aliphatic carbocycles. The van der Waals surface area contributed by atoms with Crippen molar-refractivity contribution >= 4 is 26.7 Å². The third kappa shape index (κ3) is 4.25. The standard InChI is InChI=1S/C20H21N3O3S/c1-13-9-14(2)20(15(3)10-13)27(21,25)23-19(24)12-26-17-7-6-16-5-4-8-22-18(16)11-17/h4-11H,12H2,1-3H3,(H2,21,23,24,25). The van der Waals surface area contributed by atoms with Crippen LogP contribution in [0.25, 0.3) is 10.9 Å². The van der Waals surface area contributed by atoms with Gasteiger partial charge in [0, 0.05) is 17.6 Å². The van der Waals surface area contributed by atoms with Crippen molar-refractivity contribution < 1.29 is 13.7 Å². The number of rotatable bonds is 5. The summed E-state index contributed by atoms with van der Waals surface area (Å²) in [5.74, 6) is -0.133. The maximum atomic E-state index is 12.8. The molecule has 1 amide bonds. The van der Waals surface area contributed by atoms with E-state index in [4.69, 9.17) is 9.52 Å². The highest BCUT2D eigenvalue weighted by Crippen LogP contribution is 2.22. The Morgan fingerprint density at radius 3 is 2.56 bits per heavy atom. The summed E-state index contributed by atoms with van der Waals surface area (Å²) in [5, 5.41) is 0.966. The van der Waals surface area contributed by atoms with Crippen LogP contribution in [-0.2, 0) is 14.7 Å². The van der Waals surface area contributed by atoms with Crippen LogP contribution in [0.5, 0.6) is 5.75 Å². The predicted molar refractivity (Wildman–Crippen MR) is 105 cm³/mol.